The van der Waals surface area contributed by atoms with E-state index in [1.54, 1.807) is 23.1 Å². The Morgan fingerprint density at radius 2 is 1.50 bits per heavy atom. The molecule has 0 spiro atoms. The van der Waals surface area contributed by atoms with Gasteiger partial charge in [-0.1, -0.05) is 12.1 Å². The second-order valence-electron chi connectivity index (χ2n) is 13.0. The number of halogens is 7. The SMILES string of the molecule is C[C@@H](O[C@H]1CN2C(=O)CC(C3CCN(C4=CC(=O)CC4)CC3)CC2C1c1ccc(F)cc1)c1cc(C(F)(F)F)cc(C(F)(F)F)c1. The summed E-state index contributed by atoms with van der Waals surface area (Å²) in [5.74, 6) is -0.500. The van der Waals surface area contributed by atoms with Gasteiger partial charge in [-0.3, -0.25) is 9.59 Å². The number of amides is 1. The van der Waals surface area contributed by atoms with Gasteiger partial charge in [0, 0.05) is 56.2 Å². The Morgan fingerprint density at radius 3 is 2.07 bits per heavy atom. The molecule has 3 saturated heterocycles. The van der Waals surface area contributed by atoms with Crippen LogP contribution in [0.15, 0.2) is 54.2 Å². The van der Waals surface area contributed by atoms with Gasteiger partial charge in [-0.2, -0.15) is 26.3 Å². The molecular formula is C34H35F7N2O3. The lowest BCUT2D eigenvalue weighted by Gasteiger charge is -2.43. The summed E-state index contributed by atoms with van der Waals surface area (Å²) in [5, 5.41) is 0. The third-order valence-electron chi connectivity index (χ3n) is 10.2. The molecule has 6 rings (SSSR count). The summed E-state index contributed by atoms with van der Waals surface area (Å²) in [5.41, 5.74) is -1.37. The Kier molecular flexibility index (Phi) is 8.71. The molecule has 12 heteroatoms. The van der Waals surface area contributed by atoms with Crippen LogP contribution in [0.25, 0.3) is 0 Å². The van der Waals surface area contributed by atoms with Crippen LogP contribution in [0.1, 0.15) is 79.7 Å². The van der Waals surface area contributed by atoms with Gasteiger partial charge in [0.1, 0.15) is 5.82 Å². The fourth-order valence-corrected chi connectivity index (χ4v) is 7.83. The minimum atomic E-state index is -5.00. The highest BCUT2D eigenvalue weighted by molar-refractivity contribution is 5.92. The van der Waals surface area contributed by atoms with Crippen molar-refractivity contribution in [1.29, 1.82) is 0 Å². The molecule has 3 aliphatic heterocycles. The summed E-state index contributed by atoms with van der Waals surface area (Å²) >= 11 is 0. The molecule has 4 aliphatic rings. The summed E-state index contributed by atoms with van der Waals surface area (Å²) in [6.45, 7) is 3.11. The molecule has 46 heavy (non-hydrogen) atoms. The zero-order chi connectivity index (χ0) is 33.0. The number of ketones is 1. The fourth-order valence-electron chi connectivity index (χ4n) is 7.83. The lowest BCUT2D eigenvalue weighted by molar-refractivity contribution is -0.143. The van der Waals surface area contributed by atoms with Gasteiger partial charge < -0.3 is 14.5 Å². The highest BCUT2D eigenvalue weighted by Crippen LogP contribution is 2.47. The first kappa shape index (κ1) is 32.5. The van der Waals surface area contributed by atoms with E-state index >= 15 is 0 Å². The molecule has 5 atom stereocenters. The number of hydrogen-bond acceptors (Lipinski definition) is 4. The third kappa shape index (κ3) is 6.68. The van der Waals surface area contributed by atoms with Gasteiger partial charge in [-0.15, -0.1) is 0 Å². The lowest BCUT2D eigenvalue weighted by Crippen LogP contribution is -2.47. The monoisotopic (exact) mass is 652 g/mol. The lowest BCUT2D eigenvalue weighted by atomic mass is 9.73. The average Bonchev–Trinajstić information content (AvgIpc) is 3.60. The van der Waals surface area contributed by atoms with E-state index in [1.807, 2.05) is 0 Å². The molecule has 248 valence electrons. The van der Waals surface area contributed by atoms with Crippen LogP contribution in [0.4, 0.5) is 30.7 Å². The van der Waals surface area contributed by atoms with Crippen molar-refractivity contribution in [2.45, 2.75) is 82.0 Å². The maximum absolute atomic E-state index is 13.9. The molecule has 1 aliphatic carbocycles. The highest BCUT2D eigenvalue weighted by atomic mass is 19.4. The average molecular weight is 653 g/mol. The van der Waals surface area contributed by atoms with E-state index in [-0.39, 0.29) is 47.7 Å². The summed E-state index contributed by atoms with van der Waals surface area (Å²) in [6, 6.07) is 6.87. The van der Waals surface area contributed by atoms with Crippen molar-refractivity contribution in [1.82, 2.24) is 9.80 Å². The molecular weight excluding hydrogens is 617 g/mol. The van der Waals surface area contributed by atoms with Gasteiger partial charge in [-0.05, 0) is 85.9 Å². The van der Waals surface area contributed by atoms with Gasteiger partial charge in [0.05, 0.1) is 23.3 Å². The second-order valence-corrected chi connectivity index (χ2v) is 13.0. The number of alkyl halides is 6. The van der Waals surface area contributed by atoms with E-state index < -0.39 is 47.4 Å². The first-order chi connectivity index (χ1) is 21.7. The van der Waals surface area contributed by atoms with Crippen LogP contribution in [0.2, 0.25) is 0 Å². The molecule has 1 amide bonds. The van der Waals surface area contributed by atoms with E-state index in [2.05, 4.69) is 4.90 Å². The molecule has 0 saturated carbocycles. The number of nitrogens with zero attached hydrogens (tertiary/aromatic N) is 2. The normalized spacial score (nSPS) is 26.8. The zero-order valence-electron chi connectivity index (χ0n) is 25.2. The van der Waals surface area contributed by atoms with E-state index in [4.69, 9.17) is 4.74 Å². The predicted octanol–water partition coefficient (Wildman–Crippen LogP) is 7.67. The van der Waals surface area contributed by atoms with E-state index in [0.29, 0.717) is 37.0 Å². The Hall–Kier alpha value is -3.41. The standard InChI is InChI=1S/C34H35F7N2O3/c1-19(22-12-24(33(36,37)38)16-25(13-22)34(39,40)41)46-30-18-43-29(32(30)21-2-4-26(35)5-3-21)14-23(15-31(43)45)20-8-10-42(11-9-20)27-6-7-28(44)17-27/h2-5,12-13,16-17,19-20,23,29-30,32H,6-11,14-15,18H2,1H3/t19-,23?,29?,30+,32?/m1/s1. The van der Waals surface area contributed by atoms with Gasteiger partial charge in [0.25, 0.3) is 0 Å². The summed E-state index contributed by atoms with van der Waals surface area (Å²) in [6.07, 6.45) is -6.18. The predicted molar refractivity (Wildman–Crippen MR) is 154 cm³/mol. The van der Waals surface area contributed by atoms with Crippen LogP contribution in [-0.4, -0.2) is 53.3 Å². The van der Waals surface area contributed by atoms with Crippen LogP contribution in [0.3, 0.4) is 0 Å². The second kappa shape index (κ2) is 12.3. The first-order valence-electron chi connectivity index (χ1n) is 15.7. The zero-order valence-corrected chi connectivity index (χ0v) is 25.2. The summed E-state index contributed by atoms with van der Waals surface area (Å²) < 4.78 is 102. The van der Waals surface area contributed by atoms with E-state index in [1.165, 1.54) is 19.1 Å². The van der Waals surface area contributed by atoms with Crippen LogP contribution in [0.5, 0.6) is 0 Å². The first-order valence-corrected chi connectivity index (χ1v) is 15.7. The molecule has 2 aromatic carbocycles. The van der Waals surface area contributed by atoms with Crippen LogP contribution in [0, 0.1) is 17.7 Å². The number of allylic oxidation sites excluding steroid dienone is 2. The third-order valence-corrected chi connectivity index (χ3v) is 10.2. The minimum absolute atomic E-state index is 0.0722. The maximum atomic E-state index is 13.9. The van der Waals surface area contributed by atoms with Crippen LogP contribution in [-0.2, 0) is 26.7 Å². The Labute approximate surface area is 262 Å². The molecule has 0 N–H and O–H groups in total. The number of fused-ring (bicyclic) bond motifs is 1. The molecule has 5 nitrogen and oxygen atoms in total. The number of rotatable bonds is 6. The smallest absolute Gasteiger partial charge is 0.375 e. The van der Waals surface area contributed by atoms with Gasteiger partial charge >= 0.3 is 12.4 Å². The van der Waals surface area contributed by atoms with Crippen molar-refractivity contribution >= 4 is 11.7 Å². The van der Waals surface area contributed by atoms with Gasteiger partial charge in [0.15, 0.2) is 5.78 Å². The molecule has 0 radical (unpaired) electrons. The number of piperidine rings is 2. The number of hydrogen-bond donors (Lipinski definition) is 0. The Balaban J connectivity index is 1.24. The Bertz CT molecular complexity index is 1460. The number of ether oxygens (including phenoxy) is 1. The van der Waals surface area contributed by atoms with Gasteiger partial charge in [-0.25, -0.2) is 4.39 Å². The molecule has 0 aromatic heterocycles. The van der Waals surface area contributed by atoms with Crippen molar-refractivity contribution in [2.75, 3.05) is 19.6 Å². The number of carbonyl (C=O) groups excluding carboxylic acids is 2. The molecule has 0 bridgehead atoms. The molecule has 2 aromatic rings. The largest absolute Gasteiger partial charge is 0.416 e. The van der Waals surface area contributed by atoms with Crippen molar-refractivity contribution in [3.05, 3.63) is 82.3 Å². The molecule has 3 fully saturated rings. The van der Waals surface area contributed by atoms with Crippen LogP contribution < -0.4 is 0 Å². The fraction of sp³-hybridized carbons (Fsp3) is 0.529. The number of likely N-dealkylation sites (tertiary alicyclic amines) is 1. The minimum Gasteiger partial charge on any atom is -0.375 e. The van der Waals surface area contributed by atoms with Crippen molar-refractivity contribution in [3.8, 4) is 0 Å². The topological polar surface area (TPSA) is 49.9 Å². The Morgan fingerprint density at radius 1 is 0.870 bits per heavy atom. The number of benzene rings is 2. The van der Waals surface area contributed by atoms with E-state index in [9.17, 15) is 40.3 Å². The van der Waals surface area contributed by atoms with Gasteiger partial charge in [0.2, 0.25) is 5.91 Å². The quantitative estimate of drug-likeness (QED) is 0.301. The van der Waals surface area contributed by atoms with Crippen molar-refractivity contribution < 1.29 is 45.1 Å². The van der Waals surface area contributed by atoms with Crippen LogP contribution >= 0.6 is 0 Å². The maximum Gasteiger partial charge on any atom is 0.416 e. The van der Waals surface area contributed by atoms with Crippen molar-refractivity contribution in [2.24, 2.45) is 11.8 Å². The highest BCUT2D eigenvalue weighted by Gasteiger charge is 2.50. The van der Waals surface area contributed by atoms with Crippen molar-refractivity contribution in [3.63, 3.8) is 0 Å². The molecule has 3 unspecified atom stereocenters. The summed E-state index contributed by atoms with van der Waals surface area (Å²) in [7, 11) is 0. The number of carbonyl (C=O) groups is 2. The summed E-state index contributed by atoms with van der Waals surface area (Å²) in [4.78, 5) is 29.3. The van der Waals surface area contributed by atoms with E-state index in [0.717, 1.165) is 38.0 Å². The molecule has 3 heterocycles.